The van der Waals surface area contributed by atoms with Crippen LogP contribution in [-0.2, 0) is 11.8 Å². The van der Waals surface area contributed by atoms with Gasteiger partial charge in [0.1, 0.15) is 5.82 Å². The highest BCUT2D eigenvalue weighted by Crippen LogP contribution is 2.44. The molecular formula is C48H43N5. The molecule has 3 aromatic carbocycles. The smallest absolute Gasteiger partial charge is 0.238 e. The summed E-state index contributed by atoms with van der Waals surface area (Å²) in [5, 5.41) is 3.97. The third-order valence-corrected chi connectivity index (χ3v) is 11.8. The van der Waals surface area contributed by atoms with Crippen molar-refractivity contribution in [3.8, 4) is 23.0 Å². The third kappa shape index (κ3) is 5.24. The summed E-state index contributed by atoms with van der Waals surface area (Å²) in [7, 11) is 0. The van der Waals surface area contributed by atoms with E-state index in [0.29, 0.717) is 23.6 Å². The van der Waals surface area contributed by atoms with Gasteiger partial charge in [-0.3, -0.25) is 4.57 Å². The Morgan fingerprint density at radius 2 is 1.58 bits per heavy atom. The number of para-hydroxylation sites is 2. The van der Waals surface area contributed by atoms with E-state index in [1.807, 2.05) is 6.07 Å². The Hall–Kier alpha value is -5.81. The van der Waals surface area contributed by atoms with Crippen molar-refractivity contribution in [1.82, 2.24) is 24.1 Å². The van der Waals surface area contributed by atoms with Crippen LogP contribution in [0.25, 0.3) is 58.2 Å². The van der Waals surface area contributed by atoms with Crippen molar-refractivity contribution in [3.63, 3.8) is 0 Å². The van der Waals surface area contributed by atoms with Crippen molar-refractivity contribution in [3.05, 3.63) is 160 Å². The summed E-state index contributed by atoms with van der Waals surface area (Å²) in [5.41, 5.74) is 9.95. The molecule has 0 radical (unpaired) electrons. The van der Waals surface area contributed by atoms with Crippen molar-refractivity contribution < 1.29 is 0 Å². The molecule has 0 saturated heterocycles. The normalized spacial score (nSPS) is 22.8. The van der Waals surface area contributed by atoms with Gasteiger partial charge in [0.2, 0.25) is 5.95 Å². The number of hydrogen-bond acceptors (Lipinski definition) is 3. The molecule has 10 rings (SSSR count). The average molecular weight is 690 g/mol. The second-order valence-corrected chi connectivity index (χ2v) is 15.6. The van der Waals surface area contributed by atoms with Gasteiger partial charge in [-0.2, -0.15) is 9.97 Å². The number of benzene rings is 3. The van der Waals surface area contributed by atoms with Crippen molar-refractivity contribution in [2.24, 2.45) is 11.8 Å². The predicted molar refractivity (Wildman–Crippen MR) is 217 cm³/mol. The first-order valence-corrected chi connectivity index (χ1v) is 19.1. The summed E-state index contributed by atoms with van der Waals surface area (Å²) < 4.78 is 4.86. The van der Waals surface area contributed by atoms with E-state index in [4.69, 9.17) is 15.0 Å². The molecule has 0 saturated carbocycles. The highest BCUT2D eigenvalue weighted by Gasteiger charge is 2.33. The molecule has 6 aromatic rings. The van der Waals surface area contributed by atoms with E-state index in [2.05, 4.69) is 163 Å². The summed E-state index contributed by atoms with van der Waals surface area (Å²) in [6.07, 6.45) is 24.9. The quantitative estimate of drug-likeness (QED) is 0.181. The molecule has 0 fully saturated rings. The maximum absolute atomic E-state index is 5.31. The van der Waals surface area contributed by atoms with E-state index in [1.165, 1.54) is 49.7 Å². The molecule has 3 heterocycles. The minimum atomic E-state index is -0.324. The van der Waals surface area contributed by atoms with Crippen LogP contribution in [0.1, 0.15) is 74.3 Å². The van der Waals surface area contributed by atoms with Gasteiger partial charge in [0.15, 0.2) is 5.82 Å². The lowest BCUT2D eigenvalue weighted by Gasteiger charge is -2.28. The molecule has 0 aliphatic heterocycles. The number of hydrogen-bond donors (Lipinski definition) is 0. The lowest BCUT2D eigenvalue weighted by molar-refractivity contribution is 0.549. The zero-order chi connectivity index (χ0) is 35.7. The Kier molecular flexibility index (Phi) is 7.47. The van der Waals surface area contributed by atoms with Crippen LogP contribution in [0, 0.1) is 11.8 Å². The second kappa shape index (κ2) is 12.4. The molecule has 53 heavy (non-hydrogen) atoms. The number of aromatic nitrogens is 5. The largest absolute Gasteiger partial charge is 0.313 e. The summed E-state index contributed by atoms with van der Waals surface area (Å²) in [4.78, 5) is 15.7. The van der Waals surface area contributed by atoms with Crippen LogP contribution in [0.3, 0.4) is 0 Å². The van der Waals surface area contributed by atoms with E-state index >= 15 is 0 Å². The van der Waals surface area contributed by atoms with Gasteiger partial charge in [-0.05, 0) is 56.7 Å². The van der Waals surface area contributed by atoms with Gasteiger partial charge in [0, 0.05) is 67.0 Å². The Morgan fingerprint density at radius 3 is 2.40 bits per heavy atom. The Morgan fingerprint density at radius 1 is 0.792 bits per heavy atom. The van der Waals surface area contributed by atoms with Gasteiger partial charge < -0.3 is 4.57 Å². The van der Waals surface area contributed by atoms with Crippen molar-refractivity contribution in [1.29, 1.82) is 0 Å². The lowest BCUT2D eigenvalue weighted by Crippen LogP contribution is -2.33. The van der Waals surface area contributed by atoms with E-state index in [1.54, 1.807) is 0 Å². The fraction of sp³-hybridized carbons (Fsp3) is 0.229. The fourth-order valence-electron chi connectivity index (χ4n) is 9.14. The van der Waals surface area contributed by atoms with E-state index in [-0.39, 0.29) is 11.3 Å². The van der Waals surface area contributed by atoms with Gasteiger partial charge in [-0.15, -0.1) is 0 Å². The molecule has 5 nitrogen and oxygen atoms in total. The second-order valence-electron chi connectivity index (χ2n) is 15.6. The van der Waals surface area contributed by atoms with E-state index in [9.17, 15) is 0 Å². The van der Waals surface area contributed by atoms with Crippen LogP contribution in [-0.4, -0.2) is 24.1 Å². The lowest BCUT2D eigenvalue weighted by atomic mass is 9.79. The Bertz CT molecular complexity index is 2670. The first-order chi connectivity index (χ1) is 25.9. The highest BCUT2D eigenvalue weighted by molar-refractivity contribution is 5.94. The summed E-state index contributed by atoms with van der Waals surface area (Å²) in [6, 6.07) is 30.0. The van der Waals surface area contributed by atoms with E-state index < -0.39 is 0 Å². The monoisotopic (exact) mass is 689 g/mol. The minimum absolute atomic E-state index is 0.268. The number of allylic oxidation sites excluding steroid dienone is 6. The molecule has 0 bridgehead atoms. The van der Waals surface area contributed by atoms with Crippen LogP contribution >= 0.6 is 0 Å². The van der Waals surface area contributed by atoms with Gasteiger partial charge in [0.25, 0.3) is 0 Å². The van der Waals surface area contributed by atoms with Crippen LogP contribution in [0.4, 0.5) is 0 Å². The molecule has 4 unspecified atom stereocenters. The fourth-order valence-corrected chi connectivity index (χ4v) is 9.14. The highest BCUT2D eigenvalue weighted by atomic mass is 15.2. The van der Waals surface area contributed by atoms with E-state index in [0.717, 1.165) is 42.6 Å². The average Bonchev–Trinajstić information content (AvgIpc) is 3.71. The molecule has 3 aromatic heterocycles. The minimum Gasteiger partial charge on any atom is -0.313 e. The number of fused-ring (bicyclic) bond motifs is 6. The molecule has 5 heteroatoms. The third-order valence-electron chi connectivity index (χ3n) is 11.8. The number of nitrogens with zero attached hydrogens (tertiary/aromatic N) is 5. The Balaban J connectivity index is 1.13. The maximum Gasteiger partial charge on any atom is 0.238 e. The first-order valence-electron chi connectivity index (χ1n) is 19.1. The standard InChI is InChI=1S/C48H43N5/c1-31-21-23-38-39-29-34(22-24-42(39)52(43(38)27-31)36-17-9-5-10-18-36)35-28-32(2)44-40(30-35)37-19-11-12-20-41(37)53(44)47-50-45(33-15-7-4-8-16-33)49-46(51-47)48(3)25-13-6-14-26-48/h4-21,23-25,29-32,34H,22,26-28H2,1-3H3. The molecular weight excluding hydrogens is 647 g/mol. The first kappa shape index (κ1) is 31.9. The van der Waals surface area contributed by atoms with Crippen LogP contribution < -0.4 is 10.6 Å². The van der Waals surface area contributed by atoms with Gasteiger partial charge >= 0.3 is 0 Å². The molecule has 4 atom stereocenters. The zero-order valence-corrected chi connectivity index (χ0v) is 30.6. The van der Waals surface area contributed by atoms with Crippen LogP contribution in [0.15, 0.2) is 121 Å². The molecule has 0 N–H and O–H groups in total. The zero-order valence-electron chi connectivity index (χ0n) is 30.6. The molecule has 4 aliphatic carbocycles. The molecule has 260 valence electrons. The summed E-state index contributed by atoms with van der Waals surface area (Å²) >= 11 is 0. The summed E-state index contributed by atoms with van der Waals surface area (Å²) in [6.45, 7) is 6.93. The maximum atomic E-state index is 5.31. The van der Waals surface area contributed by atoms with Crippen LogP contribution in [0.2, 0.25) is 0 Å². The molecule has 0 amide bonds. The van der Waals surface area contributed by atoms with Crippen LogP contribution in [0.5, 0.6) is 0 Å². The van der Waals surface area contributed by atoms with Crippen molar-refractivity contribution >= 4 is 35.2 Å². The topological polar surface area (TPSA) is 48.5 Å². The SMILES string of the molecule is CC1C=Cc2c(n(-c3ccccc3)c3c2=CC(C2=Cc4c(n(-c5nc(-c6ccccc6)nc(C6(C)C=CC=CC6)n5)c5ccccc45)C(C)C2)CC=3)C1. The Labute approximate surface area is 310 Å². The molecule has 0 spiro atoms. The van der Waals surface area contributed by atoms with Gasteiger partial charge in [-0.1, -0.05) is 141 Å². The van der Waals surface area contributed by atoms with Gasteiger partial charge in [-0.25, -0.2) is 4.98 Å². The predicted octanol–water partition coefficient (Wildman–Crippen LogP) is 9.42. The van der Waals surface area contributed by atoms with Crippen molar-refractivity contribution in [2.75, 3.05) is 0 Å². The number of rotatable bonds is 5. The van der Waals surface area contributed by atoms with Gasteiger partial charge in [0.05, 0.1) is 5.52 Å². The summed E-state index contributed by atoms with van der Waals surface area (Å²) in [5.74, 6) is 3.32. The van der Waals surface area contributed by atoms with Crippen molar-refractivity contribution in [2.45, 2.75) is 57.8 Å². The molecule has 4 aliphatic rings.